The molecule has 7 heteroatoms. The zero-order chi connectivity index (χ0) is 21.1. The molecule has 1 atom stereocenters. The summed E-state index contributed by atoms with van der Waals surface area (Å²) in [5.74, 6) is 0.518. The molecule has 152 valence electrons. The number of ketones is 1. The molecule has 3 aromatic rings. The maximum absolute atomic E-state index is 12.1. The SMILES string of the molecule is CC(=O)c1ccc(-c2cc(Cl)c3c(c2)C[C@@H](CNC(=O)C=Cc2cccnc2)O3)s1. The second kappa shape index (κ2) is 8.81. The van der Waals surface area contributed by atoms with Gasteiger partial charge >= 0.3 is 0 Å². The number of pyridine rings is 1. The van der Waals surface area contributed by atoms with Crippen LogP contribution in [-0.4, -0.2) is 29.3 Å². The molecule has 2 aromatic heterocycles. The van der Waals surface area contributed by atoms with Gasteiger partial charge in [-0.3, -0.25) is 14.6 Å². The van der Waals surface area contributed by atoms with Crippen LogP contribution in [0.5, 0.6) is 5.75 Å². The molecule has 1 N–H and O–H groups in total. The summed E-state index contributed by atoms with van der Waals surface area (Å²) in [6, 6.07) is 11.4. The number of nitrogens with one attached hydrogen (secondary N) is 1. The van der Waals surface area contributed by atoms with Crippen molar-refractivity contribution >= 4 is 40.7 Å². The van der Waals surface area contributed by atoms with Gasteiger partial charge in [-0.2, -0.15) is 0 Å². The molecule has 1 aliphatic heterocycles. The number of hydrogen-bond donors (Lipinski definition) is 1. The molecule has 1 amide bonds. The van der Waals surface area contributed by atoms with Crippen molar-refractivity contribution in [1.29, 1.82) is 0 Å². The third-order valence-corrected chi connectivity index (χ3v) is 6.22. The molecule has 3 heterocycles. The topological polar surface area (TPSA) is 68.3 Å². The lowest BCUT2D eigenvalue weighted by Crippen LogP contribution is -2.33. The van der Waals surface area contributed by atoms with Crippen molar-refractivity contribution in [3.8, 4) is 16.2 Å². The predicted octanol–water partition coefficient (Wildman–Crippen LogP) is 4.80. The first-order valence-electron chi connectivity index (χ1n) is 9.46. The average Bonchev–Trinajstić information content (AvgIpc) is 3.39. The Labute approximate surface area is 183 Å². The first-order chi connectivity index (χ1) is 14.5. The fourth-order valence-electron chi connectivity index (χ4n) is 3.25. The van der Waals surface area contributed by atoms with Crippen molar-refractivity contribution in [3.05, 3.63) is 75.9 Å². The van der Waals surface area contributed by atoms with Gasteiger partial charge in [0.1, 0.15) is 11.9 Å². The molecule has 4 rings (SSSR count). The third kappa shape index (κ3) is 4.61. The minimum atomic E-state index is -0.194. The second-order valence-electron chi connectivity index (χ2n) is 6.98. The van der Waals surface area contributed by atoms with Gasteiger partial charge in [-0.05, 0) is 54.5 Å². The van der Waals surface area contributed by atoms with E-state index in [0.717, 1.165) is 26.4 Å². The molecule has 0 saturated heterocycles. The van der Waals surface area contributed by atoms with E-state index in [1.165, 1.54) is 17.4 Å². The largest absolute Gasteiger partial charge is 0.486 e. The van der Waals surface area contributed by atoms with Gasteiger partial charge in [0, 0.05) is 35.3 Å². The summed E-state index contributed by atoms with van der Waals surface area (Å²) in [5.41, 5.74) is 2.82. The molecule has 5 nitrogen and oxygen atoms in total. The van der Waals surface area contributed by atoms with E-state index in [1.54, 1.807) is 25.4 Å². The molecule has 0 radical (unpaired) electrons. The van der Waals surface area contributed by atoms with Crippen molar-refractivity contribution in [3.63, 3.8) is 0 Å². The van der Waals surface area contributed by atoms with Crippen molar-refractivity contribution in [2.45, 2.75) is 19.4 Å². The van der Waals surface area contributed by atoms with Gasteiger partial charge in [-0.25, -0.2) is 0 Å². The molecule has 0 fully saturated rings. The number of amides is 1. The Kier molecular flexibility index (Phi) is 5.97. The lowest BCUT2D eigenvalue weighted by molar-refractivity contribution is -0.116. The summed E-state index contributed by atoms with van der Waals surface area (Å²) >= 11 is 7.90. The van der Waals surface area contributed by atoms with Crippen LogP contribution in [0, 0.1) is 0 Å². The van der Waals surface area contributed by atoms with Crippen LogP contribution in [0.15, 0.2) is 54.9 Å². The minimum Gasteiger partial charge on any atom is -0.486 e. The first-order valence-corrected chi connectivity index (χ1v) is 10.6. The molecular formula is C23H19ClN2O3S. The fraction of sp³-hybridized carbons (Fsp3) is 0.174. The van der Waals surface area contributed by atoms with Crippen LogP contribution in [0.25, 0.3) is 16.5 Å². The van der Waals surface area contributed by atoms with E-state index in [9.17, 15) is 9.59 Å². The normalized spacial score (nSPS) is 15.1. The van der Waals surface area contributed by atoms with Gasteiger partial charge in [0.25, 0.3) is 0 Å². The summed E-state index contributed by atoms with van der Waals surface area (Å²) in [6.45, 7) is 1.94. The summed E-state index contributed by atoms with van der Waals surface area (Å²) in [7, 11) is 0. The quantitative estimate of drug-likeness (QED) is 0.443. The Balaban J connectivity index is 1.39. The van der Waals surface area contributed by atoms with Crippen LogP contribution >= 0.6 is 22.9 Å². The highest BCUT2D eigenvalue weighted by Crippen LogP contribution is 2.41. The highest BCUT2D eigenvalue weighted by Gasteiger charge is 2.26. The predicted molar refractivity (Wildman–Crippen MR) is 119 cm³/mol. The Hall–Kier alpha value is -2.96. The maximum atomic E-state index is 12.1. The lowest BCUT2D eigenvalue weighted by atomic mass is 10.1. The van der Waals surface area contributed by atoms with Crippen LogP contribution in [0.1, 0.15) is 27.7 Å². The minimum absolute atomic E-state index is 0.0511. The van der Waals surface area contributed by atoms with Gasteiger partial charge in [0.2, 0.25) is 5.91 Å². The molecule has 0 spiro atoms. The van der Waals surface area contributed by atoms with Gasteiger partial charge in [-0.1, -0.05) is 17.7 Å². The molecular weight excluding hydrogens is 420 g/mol. The number of rotatable bonds is 6. The summed E-state index contributed by atoms with van der Waals surface area (Å²) in [6.07, 6.45) is 7.04. The van der Waals surface area contributed by atoms with E-state index in [2.05, 4.69) is 10.3 Å². The van der Waals surface area contributed by atoms with Crippen LogP contribution in [-0.2, 0) is 11.2 Å². The molecule has 0 saturated carbocycles. The number of benzene rings is 1. The van der Waals surface area contributed by atoms with E-state index < -0.39 is 0 Å². The van der Waals surface area contributed by atoms with Gasteiger partial charge in [0.05, 0.1) is 16.4 Å². The number of ether oxygens (including phenoxy) is 1. The number of nitrogens with zero attached hydrogens (tertiary/aromatic N) is 1. The molecule has 0 bridgehead atoms. The number of halogens is 1. The highest BCUT2D eigenvalue weighted by molar-refractivity contribution is 7.17. The zero-order valence-corrected chi connectivity index (χ0v) is 17.8. The van der Waals surface area contributed by atoms with Gasteiger partial charge < -0.3 is 10.1 Å². The third-order valence-electron chi connectivity index (χ3n) is 4.71. The smallest absolute Gasteiger partial charge is 0.244 e. The lowest BCUT2D eigenvalue weighted by Gasteiger charge is -2.11. The average molecular weight is 439 g/mol. The number of fused-ring (bicyclic) bond motifs is 1. The number of thiophene rings is 1. The van der Waals surface area contributed by atoms with Crippen molar-refractivity contribution in [1.82, 2.24) is 10.3 Å². The summed E-state index contributed by atoms with van der Waals surface area (Å²) in [5, 5.41) is 3.39. The Morgan fingerprint density at radius 3 is 2.93 bits per heavy atom. The molecule has 30 heavy (non-hydrogen) atoms. The number of carbonyl (C=O) groups excluding carboxylic acids is 2. The summed E-state index contributed by atoms with van der Waals surface area (Å²) < 4.78 is 5.95. The van der Waals surface area contributed by atoms with Gasteiger partial charge in [-0.15, -0.1) is 11.3 Å². The monoisotopic (exact) mass is 438 g/mol. The number of hydrogen-bond acceptors (Lipinski definition) is 5. The number of Topliss-reactive ketones (excluding diaryl/α,β-unsaturated/α-hetero) is 1. The fourth-order valence-corrected chi connectivity index (χ4v) is 4.42. The van der Waals surface area contributed by atoms with Crippen LogP contribution < -0.4 is 10.1 Å². The van der Waals surface area contributed by atoms with Gasteiger partial charge in [0.15, 0.2) is 5.78 Å². The van der Waals surface area contributed by atoms with Crippen molar-refractivity contribution in [2.24, 2.45) is 0 Å². The van der Waals surface area contributed by atoms with E-state index in [4.69, 9.17) is 16.3 Å². The van der Waals surface area contributed by atoms with Crippen LogP contribution in [0.4, 0.5) is 0 Å². The maximum Gasteiger partial charge on any atom is 0.244 e. The Morgan fingerprint density at radius 1 is 1.33 bits per heavy atom. The first kappa shape index (κ1) is 20.3. The Morgan fingerprint density at radius 2 is 2.20 bits per heavy atom. The second-order valence-corrected chi connectivity index (χ2v) is 8.47. The van der Waals surface area contributed by atoms with Crippen molar-refractivity contribution < 1.29 is 14.3 Å². The van der Waals surface area contributed by atoms with E-state index >= 15 is 0 Å². The van der Waals surface area contributed by atoms with Crippen LogP contribution in [0.2, 0.25) is 5.02 Å². The standard InChI is InChI=1S/C23H19ClN2O3S/c1-14(27)20-5-6-21(30-20)16-9-17-10-18(29-23(17)19(24)11-16)13-26-22(28)7-4-15-3-2-8-25-12-15/h2-9,11-12,18H,10,13H2,1H3,(H,26,28)/t18-/m0/s1. The van der Waals surface area contributed by atoms with E-state index in [0.29, 0.717) is 23.7 Å². The molecule has 0 unspecified atom stereocenters. The molecule has 1 aliphatic rings. The summed E-state index contributed by atoms with van der Waals surface area (Å²) in [4.78, 5) is 29.4. The number of aromatic nitrogens is 1. The molecule has 1 aromatic carbocycles. The Bertz CT molecular complexity index is 1120. The highest BCUT2D eigenvalue weighted by atomic mass is 35.5. The number of carbonyl (C=O) groups is 2. The zero-order valence-electron chi connectivity index (χ0n) is 16.2. The molecule has 0 aliphatic carbocycles. The van der Waals surface area contributed by atoms with E-state index in [1.807, 2.05) is 36.4 Å². The van der Waals surface area contributed by atoms with E-state index in [-0.39, 0.29) is 17.8 Å². The van der Waals surface area contributed by atoms with Crippen molar-refractivity contribution in [2.75, 3.05) is 6.54 Å². The van der Waals surface area contributed by atoms with Crippen LogP contribution in [0.3, 0.4) is 0 Å².